The lowest BCUT2D eigenvalue weighted by molar-refractivity contribution is 0.0652. The number of hydrogen-bond donors (Lipinski definition) is 1. The van der Waals surface area contributed by atoms with Crippen molar-refractivity contribution in [2.75, 3.05) is 19.8 Å². The smallest absolute Gasteiger partial charge is 0.0566 e. The minimum atomic E-state index is 0.558. The summed E-state index contributed by atoms with van der Waals surface area (Å²) < 4.78 is 7.61. The highest BCUT2D eigenvalue weighted by Gasteiger charge is 2.22. The summed E-state index contributed by atoms with van der Waals surface area (Å²) in [7, 11) is 0. The standard InChI is InChI=1S/C11H17N3O/c1-4-12-8-11-9(1)7-13-14(11)10-2-5-15-6-3-10/h7,10,12H,1-6,8H2. The highest BCUT2D eigenvalue weighted by molar-refractivity contribution is 5.21. The maximum absolute atomic E-state index is 5.39. The van der Waals surface area contributed by atoms with Crippen LogP contribution in [0, 0.1) is 0 Å². The summed E-state index contributed by atoms with van der Waals surface area (Å²) in [6.45, 7) is 3.83. The normalized spacial score (nSPS) is 22.7. The van der Waals surface area contributed by atoms with E-state index >= 15 is 0 Å². The van der Waals surface area contributed by atoms with Crippen LogP contribution in [0.2, 0.25) is 0 Å². The fourth-order valence-corrected chi connectivity index (χ4v) is 2.50. The molecular formula is C11H17N3O. The third-order valence-corrected chi connectivity index (χ3v) is 3.39. The summed E-state index contributed by atoms with van der Waals surface area (Å²) in [5.74, 6) is 0. The fourth-order valence-electron chi connectivity index (χ4n) is 2.50. The molecule has 3 heterocycles. The van der Waals surface area contributed by atoms with Crippen LogP contribution in [0.25, 0.3) is 0 Å². The summed E-state index contributed by atoms with van der Waals surface area (Å²) in [5.41, 5.74) is 2.83. The summed E-state index contributed by atoms with van der Waals surface area (Å²) in [6, 6.07) is 0.558. The Labute approximate surface area is 89.6 Å². The van der Waals surface area contributed by atoms with Gasteiger partial charge in [0.15, 0.2) is 0 Å². The molecule has 1 aromatic heterocycles. The predicted molar refractivity (Wildman–Crippen MR) is 56.7 cm³/mol. The average Bonchev–Trinajstić information content (AvgIpc) is 2.74. The number of nitrogens with one attached hydrogen (secondary N) is 1. The maximum atomic E-state index is 5.39. The monoisotopic (exact) mass is 207 g/mol. The second-order valence-corrected chi connectivity index (χ2v) is 4.33. The Bertz CT molecular complexity index is 342. The Morgan fingerprint density at radius 2 is 2.27 bits per heavy atom. The summed E-state index contributed by atoms with van der Waals surface area (Å²) in [4.78, 5) is 0. The Morgan fingerprint density at radius 1 is 1.40 bits per heavy atom. The highest BCUT2D eigenvalue weighted by Crippen LogP contribution is 2.24. The van der Waals surface area contributed by atoms with Crippen molar-refractivity contribution >= 4 is 0 Å². The molecule has 0 atom stereocenters. The minimum Gasteiger partial charge on any atom is -0.381 e. The van der Waals surface area contributed by atoms with Crippen LogP contribution in [-0.4, -0.2) is 29.5 Å². The zero-order valence-corrected chi connectivity index (χ0v) is 8.91. The van der Waals surface area contributed by atoms with Crippen molar-refractivity contribution in [3.05, 3.63) is 17.5 Å². The molecule has 0 bridgehead atoms. The first kappa shape index (κ1) is 9.36. The molecule has 1 N–H and O–H groups in total. The van der Waals surface area contributed by atoms with Gasteiger partial charge < -0.3 is 10.1 Å². The summed E-state index contributed by atoms with van der Waals surface area (Å²) in [5, 5.41) is 7.96. The first-order valence-electron chi connectivity index (χ1n) is 5.79. The number of hydrogen-bond acceptors (Lipinski definition) is 3. The lowest BCUT2D eigenvalue weighted by atomic mass is 10.1. The van der Waals surface area contributed by atoms with Crippen LogP contribution in [0.5, 0.6) is 0 Å². The first-order valence-corrected chi connectivity index (χ1v) is 5.79. The Hall–Kier alpha value is -0.870. The van der Waals surface area contributed by atoms with Gasteiger partial charge in [-0.2, -0.15) is 5.10 Å². The van der Waals surface area contributed by atoms with E-state index in [4.69, 9.17) is 4.74 Å². The lowest BCUT2D eigenvalue weighted by Gasteiger charge is -2.25. The van der Waals surface area contributed by atoms with Gasteiger partial charge in [-0.05, 0) is 31.4 Å². The molecule has 2 aliphatic heterocycles. The minimum absolute atomic E-state index is 0.558. The van der Waals surface area contributed by atoms with Crippen molar-refractivity contribution in [2.24, 2.45) is 0 Å². The molecule has 0 unspecified atom stereocenters. The molecule has 0 aliphatic carbocycles. The molecule has 0 radical (unpaired) electrons. The van der Waals surface area contributed by atoms with Crippen LogP contribution in [0.15, 0.2) is 6.20 Å². The molecule has 3 rings (SSSR count). The molecule has 0 saturated carbocycles. The number of ether oxygens (including phenoxy) is 1. The highest BCUT2D eigenvalue weighted by atomic mass is 16.5. The lowest BCUT2D eigenvalue weighted by Crippen LogP contribution is -2.28. The topological polar surface area (TPSA) is 39.1 Å². The number of fused-ring (bicyclic) bond motifs is 1. The van der Waals surface area contributed by atoms with E-state index in [1.807, 2.05) is 6.20 Å². The van der Waals surface area contributed by atoms with Gasteiger partial charge in [0, 0.05) is 19.8 Å². The maximum Gasteiger partial charge on any atom is 0.0566 e. The summed E-state index contributed by atoms with van der Waals surface area (Å²) in [6.07, 6.45) is 5.38. The van der Waals surface area contributed by atoms with Gasteiger partial charge in [-0.15, -0.1) is 0 Å². The Kier molecular flexibility index (Phi) is 2.46. The van der Waals surface area contributed by atoms with Gasteiger partial charge in [0.25, 0.3) is 0 Å². The van der Waals surface area contributed by atoms with Crippen molar-refractivity contribution in [3.63, 3.8) is 0 Å². The second-order valence-electron chi connectivity index (χ2n) is 4.33. The van der Waals surface area contributed by atoms with E-state index in [2.05, 4.69) is 15.1 Å². The van der Waals surface area contributed by atoms with Gasteiger partial charge in [-0.25, -0.2) is 0 Å². The largest absolute Gasteiger partial charge is 0.381 e. The number of nitrogens with zero attached hydrogens (tertiary/aromatic N) is 2. The molecule has 4 nitrogen and oxygen atoms in total. The van der Waals surface area contributed by atoms with Crippen LogP contribution < -0.4 is 5.32 Å². The second kappa shape index (κ2) is 3.94. The van der Waals surface area contributed by atoms with Crippen LogP contribution in [0.3, 0.4) is 0 Å². The van der Waals surface area contributed by atoms with Crippen molar-refractivity contribution < 1.29 is 4.74 Å². The molecule has 15 heavy (non-hydrogen) atoms. The SMILES string of the molecule is c1nn(C2CCOCC2)c2c1CCNC2. The predicted octanol–water partition coefficient (Wildman–Crippen LogP) is 0.880. The number of aromatic nitrogens is 2. The average molecular weight is 207 g/mol. The molecule has 1 saturated heterocycles. The molecule has 0 spiro atoms. The molecular weight excluding hydrogens is 190 g/mol. The van der Waals surface area contributed by atoms with Gasteiger partial charge in [-0.3, -0.25) is 4.68 Å². The van der Waals surface area contributed by atoms with E-state index in [1.54, 1.807) is 0 Å². The quantitative estimate of drug-likeness (QED) is 0.743. The van der Waals surface area contributed by atoms with E-state index in [1.165, 1.54) is 11.3 Å². The molecule has 0 amide bonds. The molecule has 4 heteroatoms. The van der Waals surface area contributed by atoms with Crippen molar-refractivity contribution in [1.29, 1.82) is 0 Å². The van der Waals surface area contributed by atoms with Crippen molar-refractivity contribution in [2.45, 2.75) is 31.8 Å². The third-order valence-electron chi connectivity index (χ3n) is 3.39. The van der Waals surface area contributed by atoms with Crippen LogP contribution in [0.1, 0.15) is 30.1 Å². The van der Waals surface area contributed by atoms with E-state index in [0.29, 0.717) is 6.04 Å². The van der Waals surface area contributed by atoms with Gasteiger partial charge in [0.05, 0.1) is 17.9 Å². The third kappa shape index (κ3) is 1.68. The Balaban J connectivity index is 1.87. The molecule has 82 valence electrons. The Morgan fingerprint density at radius 3 is 3.13 bits per heavy atom. The van der Waals surface area contributed by atoms with Gasteiger partial charge >= 0.3 is 0 Å². The van der Waals surface area contributed by atoms with E-state index in [-0.39, 0.29) is 0 Å². The zero-order valence-electron chi connectivity index (χ0n) is 8.91. The van der Waals surface area contributed by atoms with Crippen LogP contribution >= 0.6 is 0 Å². The molecule has 2 aliphatic rings. The van der Waals surface area contributed by atoms with E-state index < -0.39 is 0 Å². The van der Waals surface area contributed by atoms with Crippen LogP contribution in [0.4, 0.5) is 0 Å². The molecule has 1 aromatic rings. The number of rotatable bonds is 1. The first-order chi connectivity index (χ1) is 7.45. The van der Waals surface area contributed by atoms with Crippen molar-refractivity contribution in [1.82, 2.24) is 15.1 Å². The van der Waals surface area contributed by atoms with E-state index in [9.17, 15) is 0 Å². The fraction of sp³-hybridized carbons (Fsp3) is 0.727. The van der Waals surface area contributed by atoms with Crippen molar-refractivity contribution in [3.8, 4) is 0 Å². The van der Waals surface area contributed by atoms with E-state index in [0.717, 1.165) is 45.6 Å². The van der Waals surface area contributed by atoms with Crippen LogP contribution in [-0.2, 0) is 17.7 Å². The molecule has 0 aromatic carbocycles. The zero-order chi connectivity index (χ0) is 10.1. The summed E-state index contributed by atoms with van der Waals surface area (Å²) >= 11 is 0. The van der Waals surface area contributed by atoms with Gasteiger partial charge in [-0.1, -0.05) is 0 Å². The molecule has 1 fully saturated rings. The van der Waals surface area contributed by atoms with Gasteiger partial charge in [0.1, 0.15) is 0 Å². The van der Waals surface area contributed by atoms with Gasteiger partial charge in [0.2, 0.25) is 0 Å².